The minimum absolute atomic E-state index is 0.456. The number of aromatic amines is 2. The van der Waals surface area contributed by atoms with Crippen molar-refractivity contribution in [3.63, 3.8) is 0 Å². The van der Waals surface area contributed by atoms with E-state index in [1.807, 2.05) is 31.2 Å². The Morgan fingerprint density at radius 3 is 2.53 bits per heavy atom. The molecule has 0 fully saturated rings. The van der Waals surface area contributed by atoms with E-state index < -0.39 is 0 Å². The molecular formula is C13H12ClN5. The second kappa shape index (κ2) is 4.44. The normalized spacial score (nSPS) is 10.8. The molecule has 2 aromatic heterocycles. The number of aryl methyl sites for hydroxylation is 1. The number of halogens is 1. The van der Waals surface area contributed by atoms with Crippen molar-refractivity contribution in [1.29, 1.82) is 0 Å². The molecule has 3 rings (SSSR count). The Balaban J connectivity index is 2.19. The highest BCUT2D eigenvalue weighted by atomic mass is 35.5. The highest BCUT2D eigenvalue weighted by molar-refractivity contribution is 6.30. The minimum Gasteiger partial charge on any atom is -0.382 e. The van der Waals surface area contributed by atoms with Crippen LogP contribution in [0.4, 0.5) is 5.82 Å². The Hall–Kier alpha value is -2.27. The van der Waals surface area contributed by atoms with E-state index in [9.17, 15) is 0 Å². The number of aromatic nitrogens is 4. The molecule has 0 saturated heterocycles. The van der Waals surface area contributed by atoms with Gasteiger partial charge in [-0.1, -0.05) is 23.7 Å². The van der Waals surface area contributed by atoms with Crippen molar-refractivity contribution < 1.29 is 0 Å². The van der Waals surface area contributed by atoms with Gasteiger partial charge in [0.15, 0.2) is 5.82 Å². The molecule has 19 heavy (non-hydrogen) atoms. The number of nitrogens with two attached hydrogens (primary N) is 1. The van der Waals surface area contributed by atoms with Gasteiger partial charge in [0.25, 0.3) is 0 Å². The number of hydrogen-bond donors (Lipinski definition) is 3. The predicted molar refractivity (Wildman–Crippen MR) is 75.8 cm³/mol. The van der Waals surface area contributed by atoms with Crippen LogP contribution in [0.25, 0.3) is 22.4 Å². The molecule has 2 heterocycles. The third-order valence-electron chi connectivity index (χ3n) is 3.03. The van der Waals surface area contributed by atoms with E-state index in [0.29, 0.717) is 10.8 Å². The molecule has 3 aromatic rings. The van der Waals surface area contributed by atoms with Gasteiger partial charge in [-0.3, -0.25) is 10.2 Å². The van der Waals surface area contributed by atoms with Gasteiger partial charge in [0.2, 0.25) is 0 Å². The van der Waals surface area contributed by atoms with Crippen LogP contribution < -0.4 is 5.73 Å². The molecule has 0 saturated carbocycles. The van der Waals surface area contributed by atoms with E-state index in [1.54, 1.807) is 6.20 Å². The molecule has 0 spiro atoms. The van der Waals surface area contributed by atoms with Gasteiger partial charge >= 0.3 is 0 Å². The van der Waals surface area contributed by atoms with Gasteiger partial charge in [0.05, 0.1) is 17.5 Å². The van der Waals surface area contributed by atoms with Crippen LogP contribution in [0, 0.1) is 6.92 Å². The second-order valence-corrected chi connectivity index (χ2v) is 4.71. The fraction of sp³-hybridized carbons (Fsp3) is 0.0769. The van der Waals surface area contributed by atoms with Crippen molar-refractivity contribution in [3.05, 3.63) is 41.2 Å². The Kier molecular flexibility index (Phi) is 2.76. The molecule has 0 atom stereocenters. The summed E-state index contributed by atoms with van der Waals surface area (Å²) in [5.74, 6) is 0.456. The number of anilines is 1. The van der Waals surface area contributed by atoms with Crippen molar-refractivity contribution in [3.8, 4) is 22.4 Å². The highest BCUT2D eigenvalue weighted by Crippen LogP contribution is 2.35. The SMILES string of the molecule is Cc1[nH]ncc1-c1[nH]nc(N)c1-c1ccc(Cl)cc1. The van der Waals surface area contributed by atoms with Crippen LogP contribution in [0.15, 0.2) is 30.5 Å². The zero-order valence-electron chi connectivity index (χ0n) is 10.2. The van der Waals surface area contributed by atoms with Gasteiger partial charge < -0.3 is 5.73 Å². The number of nitrogens with zero attached hydrogens (tertiary/aromatic N) is 2. The molecule has 0 unspecified atom stereocenters. The van der Waals surface area contributed by atoms with Gasteiger partial charge in [0, 0.05) is 16.3 Å². The third-order valence-corrected chi connectivity index (χ3v) is 3.28. The fourth-order valence-electron chi connectivity index (χ4n) is 2.06. The first-order valence-electron chi connectivity index (χ1n) is 5.77. The number of rotatable bonds is 2. The molecule has 0 aliphatic carbocycles. The van der Waals surface area contributed by atoms with E-state index in [4.69, 9.17) is 17.3 Å². The topological polar surface area (TPSA) is 83.4 Å². The van der Waals surface area contributed by atoms with E-state index in [2.05, 4.69) is 20.4 Å². The molecule has 96 valence electrons. The van der Waals surface area contributed by atoms with Crippen LogP contribution in [0.2, 0.25) is 5.02 Å². The number of nitrogens with one attached hydrogen (secondary N) is 2. The molecule has 6 heteroatoms. The van der Waals surface area contributed by atoms with Crippen molar-refractivity contribution in [2.24, 2.45) is 0 Å². The van der Waals surface area contributed by atoms with Crippen molar-refractivity contribution in [2.45, 2.75) is 6.92 Å². The zero-order chi connectivity index (χ0) is 13.4. The van der Waals surface area contributed by atoms with Gasteiger partial charge in [-0.15, -0.1) is 0 Å². The summed E-state index contributed by atoms with van der Waals surface area (Å²) >= 11 is 5.91. The lowest BCUT2D eigenvalue weighted by molar-refractivity contribution is 1.05. The maximum atomic E-state index is 5.96. The van der Waals surface area contributed by atoms with E-state index >= 15 is 0 Å². The zero-order valence-corrected chi connectivity index (χ0v) is 11.0. The summed E-state index contributed by atoms with van der Waals surface area (Å²) in [6.45, 7) is 1.95. The lowest BCUT2D eigenvalue weighted by Gasteiger charge is -2.04. The smallest absolute Gasteiger partial charge is 0.153 e. The summed E-state index contributed by atoms with van der Waals surface area (Å²) in [6.07, 6.45) is 1.75. The second-order valence-electron chi connectivity index (χ2n) is 4.27. The molecule has 0 bridgehead atoms. The minimum atomic E-state index is 0.456. The third kappa shape index (κ3) is 1.98. The number of H-pyrrole nitrogens is 2. The molecule has 0 aliphatic rings. The van der Waals surface area contributed by atoms with E-state index in [-0.39, 0.29) is 0 Å². The molecule has 0 amide bonds. The lowest BCUT2D eigenvalue weighted by Crippen LogP contribution is -1.89. The largest absolute Gasteiger partial charge is 0.382 e. The average Bonchev–Trinajstić information content (AvgIpc) is 2.97. The molecular weight excluding hydrogens is 262 g/mol. The quantitative estimate of drug-likeness (QED) is 0.671. The van der Waals surface area contributed by atoms with Gasteiger partial charge in [-0.2, -0.15) is 10.2 Å². The van der Waals surface area contributed by atoms with Crippen molar-refractivity contribution >= 4 is 17.4 Å². The highest BCUT2D eigenvalue weighted by Gasteiger charge is 2.17. The summed E-state index contributed by atoms with van der Waals surface area (Å²) in [6, 6.07) is 7.50. The monoisotopic (exact) mass is 273 g/mol. The first-order valence-corrected chi connectivity index (χ1v) is 6.14. The standard InChI is InChI=1S/C13H12ClN5/c1-7-10(6-16-17-7)12-11(13(15)19-18-12)8-2-4-9(14)5-3-8/h2-6H,1H3,(H,16,17)(H3,15,18,19). The van der Waals surface area contributed by atoms with Crippen molar-refractivity contribution in [2.75, 3.05) is 5.73 Å². The Bertz CT molecular complexity index is 711. The Morgan fingerprint density at radius 2 is 1.89 bits per heavy atom. The lowest BCUT2D eigenvalue weighted by atomic mass is 10.0. The van der Waals surface area contributed by atoms with Crippen LogP contribution in [-0.2, 0) is 0 Å². The van der Waals surface area contributed by atoms with Crippen LogP contribution in [-0.4, -0.2) is 20.4 Å². The van der Waals surface area contributed by atoms with Crippen LogP contribution in [0.3, 0.4) is 0 Å². The first kappa shape index (κ1) is 11.8. The van der Waals surface area contributed by atoms with Gasteiger partial charge in [0.1, 0.15) is 0 Å². The van der Waals surface area contributed by atoms with Gasteiger partial charge in [-0.25, -0.2) is 0 Å². The predicted octanol–water partition coefficient (Wildman–Crippen LogP) is 3.01. The van der Waals surface area contributed by atoms with Crippen LogP contribution in [0.1, 0.15) is 5.69 Å². The molecule has 0 radical (unpaired) electrons. The summed E-state index contributed by atoms with van der Waals surface area (Å²) in [7, 11) is 0. The van der Waals surface area contributed by atoms with Crippen LogP contribution >= 0.6 is 11.6 Å². The summed E-state index contributed by atoms with van der Waals surface area (Å²) in [5.41, 5.74) is 10.6. The Labute approximate surface area is 114 Å². The summed E-state index contributed by atoms with van der Waals surface area (Å²) in [5, 5.41) is 14.7. The fourth-order valence-corrected chi connectivity index (χ4v) is 2.19. The maximum Gasteiger partial charge on any atom is 0.153 e. The first-order chi connectivity index (χ1) is 9.16. The van der Waals surface area contributed by atoms with E-state index in [0.717, 1.165) is 28.1 Å². The molecule has 0 aliphatic heterocycles. The number of nitrogen functional groups attached to an aromatic ring is 1. The average molecular weight is 274 g/mol. The van der Waals surface area contributed by atoms with Crippen LogP contribution in [0.5, 0.6) is 0 Å². The summed E-state index contributed by atoms with van der Waals surface area (Å²) in [4.78, 5) is 0. The molecule has 1 aromatic carbocycles. The van der Waals surface area contributed by atoms with Crippen molar-refractivity contribution in [1.82, 2.24) is 20.4 Å². The number of benzene rings is 1. The maximum absolute atomic E-state index is 5.96. The summed E-state index contributed by atoms with van der Waals surface area (Å²) < 4.78 is 0. The molecule has 4 N–H and O–H groups in total. The molecule has 5 nitrogen and oxygen atoms in total. The van der Waals surface area contributed by atoms with E-state index in [1.165, 1.54) is 0 Å². The Morgan fingerprint density at radius 1 is 1.16 bits per heavy atom. The number of hydrogen-bond acceptors (Lipinski definition) is 3. The van der Waals surface area contributed by atoms with Gasteiger partial charge in [-0.05, 0) is 24.6 Å².